The monoisotopic (exact) mass is 272 g/mol. The van der Waals surface area contributed by atoms with E-state index in [4.69, 9.17) is 0 Å². The first-order valence-corrected chi connectivity index (χ1v) is 6.85. The topological polar surface area (TPSA) is 48.8 Å². The number of hydrogen-bond donors (Lipinski definition) is 2. The van der Waals surface area contributed by atoms with Gasteiger partial charge in [-0.1, -0.05) is 51.1 Å². The summed E-state index contributed by atoms with van der Waals surface area (Å²) in [6.07, 6.45) is 3.88. The fourth-order valence-corrected chi connectivity index (χ4v) is 1.91. The predicted octanol–water partition coefficient (Wildman–Crippen LogP) is 2.01. The first kappa shape index (κ1) is 14.3. The van der Waals surface area contributed by atoms with Gasteiger partial charge in [0.25, 0.3) is 5.82 Å². The van der Waals surface area contributed by atoms with Gasteiger partial charge in [-0.15, -0.1) is 0 Å². The number of hydrogen-bond acceptors (Lipinski definition) is 1. The van der Waals surface area contributed by atoms with Crippen LogP contribution in [-0.4, -0.2) is 10.9 Å². The molecule has 0 spiro atoms. The van der Waals surface area contributed by atoms with Crippen molar-refractivity contribution in [3.63, 3.8) is 0 Å². The van der Waals surface area contributed by atoms with Gasteiger partial charge >= 0.3 is 0 Å². The minimum Gasteiger partial charge on any atom is -0.344 e. The number of nitrogens with zero attached hydrogens (tertiary/aromatic N) is 1. The molecule has 20 heavy (non-hydrogen) atoms. The SMILES string of the molecule is CC(C)(C)C(=O)NCc1[nH]cc[n+]1Cc1ccccc1. The molecule has 0 bridgehead atoms. The number of carbonyl (C=O) groups is 1. The number of imidazole rings is 1. The van der Waals surface area contributed by atoms with Crippen LogP contribution in [0.5, 0.6) is 0 Å². The van der Waals surface area contributed by atoms with Crippen LogP contribution in [0.3, 0.4) is 0 Å². The van der Waals surface area contributed by atoms with E-state index in [0.717, 1.165) is 12.4 Å². The van der Waals surface area contributed by atoms with Crippen LogP contribution in [-0.2, 0) is 17.9 Å². The second-order valence-electron chi connectivity index (χ2n) is 5.95. The molecule has 4 heteroatoms. The van der Waals surface area contributed by atoms with Crippen LogP contribution < -0.4 is 9.88 Å². The van der Waals surface area contributed by atoms with E-state index in [-0.39, 0.29) is 11.3 Å². The highest BCUT2D eigenvalue weighted by Gasteiger charge is 2.22. The lowest BCUT2D eigenvalue weighted by molar-refractivity contribution is -0.694. The molecular weight excluding hydrogens is 250 g/mol. The zero-order valence-electron chi connectivity index (χ0n) is 12.3. The van der Waals surface area contributed by atoms with Crippen LogP contribution in [0.15, 0.2) is 42.7 Å². The fourth-order valence-electron chi connectivity index (χ4n) is 1.91. The van der Waals surface area contributed by atoms with Crippen molar-refractivity contribution in [1.29, 1.82) is 0 Å². The summed E-state index contributed by atoms with van der Waals surface area (Å²) in [6.45, 7) is 7.04. The van der Waals surface area contributed by atoms with Gasteiger partial charge in [-0.25, -0.2) is 9.55 Å². The summed E-state index contributed by atoms with van der Waals surface area (Å²) in [7, 11) is 0. The first-order chi connectivity index (χ1) is 9.47. The molecule has 0 fully saturated rings. The van der Waals surface area contributed by atoms with E-state index in [1.807, 2.05) is 51.4 Å². The van der Waals surface area contributed by atoms with E-state index >= 15 is 0 Å². The van der Waals surface area contributed by atoms with Gasteiger partial charge < -0.3 is 5.32 Å². The molecule has 0 aliphatic carbocycles. The molecule has 0 unspecified atom stereocenters. The van der Waals surface area contributed by atoms with Gasteiger partial charge in [0.05, 0.1) is 0 Å². The summed E-state index contributed by atoms with van der Waals surface area (Å²) in [5, 5.41) is 2.96. The Kier molecular flexibility index (Phi) is 4.23. The highest BCUT2D eigenvalue weighted by atomic mass is 16.2. The lowest BCUT2D eigenvalue weighted by atomic mass is 9.96. The van der Waals surface area contributed by atoms with Gasteiger partial charge in [0.1, 0.15) is 25.5 Å². The third kappa shape index (κ3) is 3.70. The summed E-state index contributed by atoms with van der Waals surface area (Å²) in [5.74, 6) is 1.05. The molecule has 0 atom stereocenters. The molecule has 2 aromatic rings. The first-order valence-electron chi connectivity index (χ1n) is 6.85. The largest absolute Gasteiger partial charge is 0.344 e. The van der Waals surface area contributed by atoms with Crippen molar-refractivity contribution >= 4 is 5.91 Å². The van der Waals surface area contributed by atoms with Crippen LogP contribution in [0, 0.1) is 5.41 Å². The molecule has 0 saturated carbocycles. The molecule has 0 radical (unpaired) electrons. The maximum atomic E-state index is 11.9. The molecule has 1 aromatic heterocycles. The third-order valence-electron chi connectivity index (χ3n) is 3.14. The summed E-state index contributed by atoms with van der Waals surface area (Å²) in [4.78, 5) is 15.1. The molecule has 1 heterocycles. The Morgan fingerprint density at radius 1 is 1.25 bits per heavy atom. The van der Waals surface area contributed by atoms with Crippen molar-refractivity contribution < 1.29 is 9.36 Å². The van der Waals surface area contributed by atoms with Crippen molar-refractivity contribution in [2.75, 3.05) is 0 Å². The Hall–Kier alpha value is -2.10. The Labute approximate surface area is 119 Å². The van der Waals surface area contributed by atoms with Gasteiger partial charge in [0, 0.05) is 5.41 Å². The van der Waals surface area contributed by atoms with Crippen molar-refractivity contribution in [3.8, 4) is 0 Å². The maximum absolute atomic E-state index is 11.9. The van der Waals surface area contributed by atoms with Crippen LogP contribution in [0.25, 0.3) is 0 Å². The van der Waals surface area contributed by atoms with E-state index in [1.54, 1.807) is 0 Å². The third-order valence-corrected chi connectivity index (χ3v) is 3.14. The van der Waals surface area contributed by atoms with E-state index < -0.39 is 0 Å². The zero-order valence-corrected chi connectivity index (χ0v) is 12.3. The number of benzene rings is 1. The Bertz CT molecular complexity index is 567. The van der Waals surface area contributed by atoms with E-state index in [9.17, 15) is 4.79 Å². The fraction of sp³-hybridized carbons (Fsp3) is 0.375. The molecule has 4 nitrogen and oxygen atoms in total. The molecule has 1 aromatic carbocycles. The quantitative estimate of drug-likeness (QED) is 0.822. The van der Waals surface area contributed by atoms with Crippen molar-refractivity contribution in [1.82, 2.24) is 10.3 Å². The van der Waals surface area contributed by atoms with Crippen molar-refractivity contribution in [2.45, 2.75) is 33.9 Å². The Morgan fingerprint density at radius 3 is 2.60 bits per heavy atom. The number of aromatic amines is 1. The highest BCUT2D eigenvalue weighted by molar-refractivity contribution is 5.81. The molecule has 106 valence electrons. The van der Waals surface area contributed by atoms with Crippen molar-refractivity contribution in [3.05, 3.63) is 54.1 Å². The normalized spacial score (nSPS) is 11.3. The number of amides is 1. The molecular formula is C16H22N3O+. The van der Waals surface area contributed by atoms with E-state index in [0.29, 0.717) is 6.54 Å². The second-order valence-corrected chi connectivity index (χ2v) is 5.95. The molecule has 2 rings (SSSR count). The van der Waals surface area contributed by atoms with Crippen LogP contribution in [0.2, 0.25) is 0 Å². The lowest BCUT2D eigenvalue weighted by Gasteiger charge is -2.16. The van der Waals surface area contributed by atoms with Gasteiger partial charge in [-0.05, 0) is 5.56 Å². The zero-order chi connectivity index (χ0) is 14.6. The molecule has 0 aliphatic rings. The lowest BCUT2D eigenvalue weighted by Crippen LogP contribution is -2.41. The molecule has 0 aliphatic heterocycles. The van der Waals surface area contributed by atoms with Crippen molar-refractivity contribution in [2.24, 2.45) is 5.41 Å². The number of rotatable bonds is 4. The molecule has 1 amide bonds. The number of carbonyl (C=O) groups excluding carboxylic acids is 1. The number of aromatic nitrogens is 2. The summed E-state index contributed by atoms with van der Waals surface area (Å²) in [6, 6.07) is 10.3. The van der Waals surface area contributed by atoms with Gasteiger partial charge in [-0.3, -0.25) is 4.79 Å². The molecule has 2 N–H and O–H groups in total. The molecule has 0 saturated heterocycles. The summed E-state index contributed by atoms with van der Waals surface area (Å²) >= 11 is 0. The average molecular weight is 272 g/mol. The number of H-pyrrole nitrogens is 1. The Balaban J connectivity index is 2.01. The van der Waals surface area contributed by atoms with Crippen LogP contribution in [0.4, 0.5) is 0 Å². The summed E-state index contributed by atoms with van der Waals surface area (Å²) < 4.78 is 2.11. The smallest absolute Gasteiger partial charge is 0.274 e. The van der Waals surface area contributed by atoms with E-state index in [2.05, 4.69) is 27.0 Å². The van der Waals surface area contributed by atoms with Gasteiger partial charge in [-0.2, -0.15) is 0 Å². The average Bonchev–Trinajstić information content (AvgIpc) is 2.83. The predicted molar refractivity (Wildman–Crippen MR) is 77.8 cm³/mol. The minimum atomic E-state index is -0.364. The van der Waals surface area contributed by atoms with E-state index in [1.165, 1.54) is 5.56 Å². The number of nitrogens with one attached hydrogen (secondary N) is 2. The van der Waals surface area contributed by atoms with Crippen LogP contribution >= 0.6 is 0 Å². The Morgan fingerprint density at radius 2 is 1.95 bits per heavy atom. The van der Waals surface area contributed by atoms with Gasteiger partial charge in [0.15, 0.2) is 0 Å². The van der Waals surface area contributed by atoms with Crippen LogP contribution in [0.1, 0.15) is 32.2 Å². The standard InChI is InChI=1S/C16H21N3O/c1-16(2,3)15(20)18-11-14-17-9-10-19(14)12-13-7-5-4-6-8-13/h4-10H,11-12H2,1-3H3,(H,18,20)/p+1. The second kappa shape index (κ2) is 5.90. The summed E-state index contributed by atoms with van der Waals surface area (Å²) in [5.41, 5.74) is 0.872. The minimum absolute atomic E-state index is 0.0540. The van der Waals surface area contributed by atoms with Gasteiger partial charge in [0.2, 0.25) is 5.91 Å². The maximum Gasteiger partial charge on any atom is 0.274 e. The highest BCUT2D eigenvalue weighted by Crippen LogP contribution is 2.12.